The second kappa shape index (κ2) is 5.26. The highest BCUT2D eigenvalue weighted by atomic mass is 16.4. The van der Waals surface area contributed by atoms with Crippen LogP contribution in [0.25, 0.3) is 11.5 Å². The van der Waals surface area contributed by atoms with Gasteiger partial charge in [0.05, 0.1) is 5.69 Å². The molecule has 0 amide bonds. The summed E-state index contributed by atoms with van der Waals surface area (Å²) < 4.78 is 5.40. The number of aryl methyl sites for hydroxylation is 3. The van der Waals surface area contributed by atoms with Crippen molar-refractivity contribution in [3.05, 3.63) is 40.8 Å². The first-order valence-corrected chi connectivity index (χ1v) is 6.33. The summed E-state index contributed by atoms with van der Waals surface area (Å²) in [7, 11) is 0. The van der Waals surface area contributed by atoms with Gasteiger partial charge in [0.1, 0.15) is 0 Å². The number of hydrogen-bond acceptors (Lipinski definition) is 3. The topological polar surface area (TPSA) is 63.3 Å². The first-order valence-electron chi connectivity index (χ1n) is 6.33. The summed E-state index contributed by atoms with van der Waals surface area (Å²) in [5.41, 5.74) is 3.64. The first-order chi connectivity index (χ1) is 9.02. The van der Waals surface area contributed by atoms with Crippen LogP contribution in [0.3, 0.4) is 0 Å². The number of oxazole rings is 1. The Labute approximate surface area is 112 Å². The standard InChI is InChI=1S/C15H17NO3/c1-4-5-12-13(15(17)18)19-14(16-12)11-7-6-9(2)10(3)8-11/h6-8H,4-5H2,1-3H3,(H,17,18). The molecule has 19 heavy (non-hydrogen) atoms. The van der Waals surface area contributed by atoms with Crippen molar-refractivity contribution in [3.8, 4) is 11.5 Å². The van der Waals surface area contributed by atoms with E-state index in [1.54, 1.807) is 0 Å². The van der Waals surface area contributed by atoms with Crippen LogP contribution in [-0.2, 0) is 6.42 Å². The van der Waals surface area contributed by atoms with E-state index in [0.29, 0.717) is 18.0 Å². The molecule has 1 heterocycles. The molecule has 4 heteroatoms. The average Bonchev–Trinajstić information content (AvgIpc) is 2.77. The largest absolute Gasteiger partial charge is 0.475 e. The summed E-state index contributed by atoms with van der Waals surface area (Å²) in [6, 6.07) is 5.84. The van der Waals surface area contributed by atoms with Crippen molar-refractivity contribution in [2.45, 2.75) is 33.6 Å². The second-order valence-corrected chi connectivity index (χ2v) is 4.65. The number of carboxylic acid groups (broad SMARTS) is 1. The summed E-state index contributed by atoms with van der Waals surface area (Å²) in [5, 5.41) is 9.12. The van der Waals surface area contributed by atoms with Gasteiger partial charge in [-0.2, -0.15) is 0 Å². The quantitative estimate of drug-likeness (QED) is 0.911. The van der Waals surface area contributed by atoms with Crippen LogP contribution < -0.4 is 0 Å². The molecular weight excluding hydrogens is 242 g/mol. The molecule has 2 aromatic rings. The molecule has 0 spiro atoms. The van der Waals surface area contributed by atoms with Gasteiger partial charge in [-0.25, -0.2) is 9.78 Å². The van der Waals surface area contributed by atoms with Gasteiger partial charge < -0.3 is 9.52 Å². The fourth-order valence-electron chi connectivity index (χ4n) is 1.92. The number of aromatic carboxylic acids is 1. The van der Waals surface area contributed by atoms with Gasteiger partial charge in [0.25, 0.3) is 0 Å². The molecule has 0 fully saturated rings. The third-order valence-corrected chi connectivity index (χ3v) is 3.13. The van der Waals surface area contributed by atoms with Gasteiger partial charge in [0.2, 0.25) is 11.7 Å². The Hall–Kier alpha value is -2.10. The Bertz CT molecular complexity index is 614. The number of rotatable bonds is 4. The van der Waals surface area contributed by atoms with Crippen LogP contribution in [0.2, 0.25) is 0 Å². The number of carboxylic acids is 1. The third-order valence-electron chi connectivity index (χ3n) is 3.13. The van der Waals surface area contributed by atoms with Crippen LogP contribution in [0, 0.1) is 13.8 Å². The number of nitrogens with zero attached hydrogens (tertiary/aromatic N) is 1. The molecule has 0 unspecified atom stereocenters. The van der Waals surface area contributed by atoms with Crippen molar-refractivity contribution in [1.29, 1.82) is 0 Å². The minimum atomic E-state index is -1.06. The van der Waals surface area contributed by atoms with Gasteiger partial charge in [-0.1, -0.05) is 19.4 Å². The molecule has 100 valence electrons. The third kappa shape index (κ3) is 2.67. The fourth-order valence-corrected chi connectivity index (χ4v) is 1.92. The predicted octanol–water partition coefficient (Wildman–Crippen LogP) is 3.61. The number of carbonyl (C=O) groups is 1. The Balaban J connectivity index is 2.47. The van der Waals surface area contributed by atoms with Crippen LogP contribution in [0.1, 0.15) is 40.7 Å². The van der Waals surface area contributed by atoms with Crippen LogP contribution in [0.15, 0.2) is 22.6 Å². The average molecular weight is 259 g/mol. The fraction of sp³-hybridized carbons (Fsp3) is 0.333. The highest BCUT2D eigenvalue weighted by Gasteiger charge is 2.19. The first kappa shape index (κ1) is 13.3. The normalized spacial score (nSPS) is 10.7. The molecule has 0 aliphatic heterocycles. The molecular formula is C15H17NO3. The lowest BCUT2D eigenvalue weighted by molar-refractivity contribution is 0.0661. The lowest BCUT2D eigenvalue weighted by atomic mass is 10.1. The van der Waals surface area contributed by atoms with E-state index >= 15 is 0 Å². The van der Waals surface area contributed by atoms with Crippen molar-refractivity contribution >= 4 is 5.97 Å². The molecule has 0 saturated carbocycles. The van der Waals surface area contributed by atoms with E-state index < -0.39 is 5.97 Å². The molecule has 1 N–H and O–H groups in total. The zero-order valence-electron chi connectivity index (χ0n) is 11.4. The van der Waals surface area contributed by atoms with E-state index in [-0.39, 0.29) is 5.76 Å². The minimum Gasteiger partial charge on any atom is -0.475 e. The smallest absolute Gasteiger partial charge is 0.373 e. The molecule has 1 aromatic heterocycles. The van der Waals surface area contributed by atoms with Gasteiger partial charge in [0.15, 0.2) is 0 Å². The van der Waals surface area contributed by atoms with Crippen molar-refractivity contribution in [1.82, 2.24) is 4.98 Å². The van der Waals surface area contributed by atoms with Gasteiger partial charge in [-0.15, -0.1) is 0 Å². The second-order valence-electron chi connectivity index (χ2n) is 4.65. The Morgan fingerprint density at radius 3 is 2.63 bits per heavy atom. The maximum absolute atomic E-state index is 11.1. The van der Waals surface area contributed by atoms with Gasteiger partial charge in [0, 0.05) is 5.56 Å². The maximum atomic E-state index is 11.1. The molecule has 1 aromatic carbocycles. The van der Waals surface area contributed by atoms with E-state index in [2.05, 4.69) is 4.98 Å². The SMILES string of the molecule is CCCc1nc(-c2ccc(C)c(C)c2)oc1C(=O)O. The Morgan fingerprint density at radius 2 is 2.05 bits per heavy atom. The van der Waals surface area contributed by atoms with E-state index in [4.69, 9.17) is 9.52 Å². The monoisotopic (exact) mass is 259 g/mol. The van der Waals surface area contributed by atoms with Crippen molar-refractivity contribution < 1.29 is 14.3 Å². The molecule has 0 aliphatic carbocycles. The molecule has 0 bridgehead atoms. The molecule has 4 nitrogen and oxygen atoms in total. The van der Waals surface area contributed by atoms with E-state index in [9.17, 15) is 4.79 Å². The van der Waals surface area contributed by atoms with E-state index in [1.165, 1.54) is 5.56 Å². The lowest BCUT2D eigenvalue weighted by Crippen LogP contribution is -1.99. The summed E-state index contributed by atoms with van der Waals surface area (Å²) >= 11 is 0. The van der Waals surface area contributed by atoms with E-state index in [1.807, 2.05) is 39.0 Å². The summed E-state index contributed by atoms with van der Waals surface area (Å²) in [6.07, 6.45) is 1.44. The van der Waals surface area contributed by atoms with Crippen LogP contribution in [0.5, 0.6) is 0 Å². The highest BCUT2D eigenvalue weighted by molar-refractivity contribution is 5.86. The molecule has 0 radical (unpaired) electrons. The van der Waals surface area contributed by atoms with Crippen molar-refractivity contribution in [2.24, 2.45) is 0 Å². The van der Waals surface area contributed by atoms with Gasteiger partial charge in [-0.05, 0) is 43.5 Å². The number of aromatic nitrogens is 1. The lowest BCUT2D eigenvalue weighted by Gasteiger charge is -2.01. The highest BCUT2D eigenvalue weighted by Crippen LogP contribution is 2.25. The zero-order chi connectivity index (χ0) is 14.0. The molecule has 0 atom stereocenters. The summed E-state index contributed by atoms with van der Waals surface area (Å²) in [4.78, 5) is 15.4. The van der Waals surface area contributed by atoms with Crippen molar-refractivity contribution in [2.75, 3.05) is 0 Å². The summed E-state index contributed by atoms with van der Waals surface area (Å²) in [5.74, 6) is -0.731. The van der Waals surface area contributed by atoms with E-state index in [0.717, 1.165) is 17.5 Å². The van der Waals surface area contributed by atoms with Crippen LogP contribution in [0.4, 0.5) is 0 Å². The van der Waals surface area contributed by atoms with Gasteiger partial charge >= 0.3 is 5.97 Å². The molecule has 0 saturated heterocycles. The van der Waals surface area contributed by atoms with Crippen LogP contribution in [-0.4, -0.2) is 16.1 Å². The molecule has 2 rings (SSSR count). The minimum absolute atomic E-state index is 0.0462. The number of benzene rings is 1. The van der Waals surface area contributed by atoms with Crippen LogP contribution >= 0.6 is 0 Å². The summed E-state index contributed by atoms with van der Waals surface area (Å²) in [6.45, 7) is 6.02. The molecule has 0 aliphatic rings. The number of hydrogen-bond donors (Lipinski definition) is 1. The van der Waals surface area contributed by atoms with Crippen molar-refractivity contribution in [3.63, 3.8) is 0 Å². The Morgan fingerprint density at radius 1 is 1.32 bits per heavy atom. The Kier molecular flexibility index (Phi) is 3.69. The zero-order valence-corrected chi connectivity index (χ0v) is 11.4. The maximum Gasteiger partial charge on any atom is 0.373 e. The van der Waals surface area contributed by atoms with Gasteiger partial charge in [-0.3, -0.25) is 0 Å². The predicted molar refractivity (Wildman–Crippen MR) is 72.4 cm³/mol.